The molecule has 0 aromatic heterocycles. The molecule has 0 saturated carbocycles. The summed E-state index contributed by atoms with van der Waals surface area (Å²) in [5.41, 5.74) is 0.0977. The molecular formula is C8H6BF. The van der Waals surface area contributed by atoms with Crippen LogP contribution in [0.4, 0.5) is 4.39 Å². The summed E-state index contributed by atoms with van der Waals surface area (Å²) in [7, 11) is 5.07. The molecule has 0 aliphatic carbocycles. The number of hydrogen-bond acceptors (Lipinski definition) is 0. The Morgan fingerprint density at radius 1 is 1.60 bits per heavy atom. The van der Waals surface area contributed by atoms with Gasteiger partial charge in [0, 0.05) is 0 Å². The van der Waals surface area contributed by atoms with Crippen molar-refractivity contribution < 1.29 is 4.39 Å². The molecule has 0 unspecified atom stereocenters. The van der Waals surface area contributed by atoms with Gasteiger partial charge in [0.05, 0.1) is 5.57 Å². The van der Waals surface area contributed by atoms with Crippen molar-refractivity contribution in [3.63, 3.8) is 0 Å². The molecule has 0 amide bonds. The summed E-state index contributed by atoms with van der Waals surface area (Å²) in [5, 5.41) is 0. The third kappa shape index (κ3) is 2.93. The summed E-state index contributed by atoms with van der Waals surface area (Å²) < 4.78 is 12.5. The average Bonchev–Trinajstić information content (AvgIpc) is 1.85. The average molecular weight is 132 g/mol. The van der Waals surface area contributed by atoms with Crippen molar-refractivity contribution in [1.29, 1.82) is 0 Å². The predicted molar refractivity (Wildman–Crippen MR) is 42.1 cm³/mol. The fraction of sp³-hybridized carbons (Fsp3) is 0. The van der Waals surface area contributed by atoms with Crippen LogP contribution in [0.2, 0.25) is 0 Å². The van der Waals surface area contributed by atoms with E-state index in [9.17, 15) is 4.39 Å². The van der Waals surface area contributed by atoms with Gasteiger partial charge in [-0.05, 0) is 6.08 Å². The third-order valence-electron chi connectivity index (χ3n) is 0.775. The van der Waals surface area contributed by atoms with Crippen molar-refractivity contribution in [2.24, 2.45) is 0 Å². The maximum Gasteiger partial charge on any atom is 0.137 e. The maximum absolute atomic E-state index is 12.5. The zero-order valence-corrected chi connectivity index (χ0v) is 5.52. The molecule has 0 aliphatic heterocycles. The highest BCUT2D eigenvalue weighted by atomic mass is 19.1. The third-order valence-corrected chi connectivity index (χ3v) is 0.775. The first-order chi connectivity index (χ1) is 4.57. The molecule has 2 radical (unpaired) electrons. The van der Waals surface area contributed by atoms with Gasteiger partial charge in [-0.25, -0.2) is 4.39 Å². The first-order valence-electron chi connectivity index (χ1n) is 2.55. The fourth-order valence-electron chi connectivity index (χ4n) is 0.319. The van der Waals surface area contributed by atoms with Crippen LogP contribution >= 0.6 is 0 Å². The summed E-state index contributed by atoms with van der Waals surface area (Å²) in [6.07, 6.45) is 5.88. The minimum atomic E-state index is -0.616. The second-order valence-corrected chi connectivity index (χ2v) is 1.69. The lowest BCUT2D eigenvalue weighted by Crippen LogP contribution is -1.79. The molecule has 2 heteroatoms. The van der Waals surface area contributed by atoms with Crippen LogP contribution in [0.5, 0.6) is 0 Å². The lowest BCUT2D eigenvalue weighted by molar-refractivity contribution is 0.659. The van der Waals surface area contributed by atoms with Crippen molar-refractivity contribution in [1.82, 2.24) is 0 Å². The van der Waals surface area contributed by atoms with E-state index in [1.165, 1.54) is 0 Å². The monoisotopic (exact) mass is 132 g/mol. The minimum Gasteiger partial charge on any atom is -0.206 e. The molecule has 0 bridgehead atoms. The standard InChI is InChI=1S/C8H6BF/c1-4-6(2)8(10)5-7(3)9/h1,5H,2-3H2/b8-5+. The van der Waals surface area contributed by atoms with Crippen LogP contribution in [0.3, 0.4) is 0 Å². The Morgan fingerprint density at radius 2 is 2.10 bits per heavy atom. The van der Waals surface area contributed by atoms with E-state index in [0.29, 0.717) is 0 Å². The molecule has 0 N–H and O–H groups in total. The van der Waals surface area contributed by atoms with Crippen LogP contribution in [-0.4, -0.2) is 7.85 Å². The Bertz CT molecular complexity index is 230. The molecule has 0 saturated heterocycles. The lowest BCUT2D eigenvalue weighted by atomic mass is 9.97. The van der Waals surface area contributed by atoms with E-state index in [1.54, 1.807) is 0 Å². The van der Waals surface area contributed by atoms with Crippen LogP contribution in [-0.2, 0) is 0 Å². The number of hydrogen-bond donors (Lipinski definition) is 0. The molecule has 0 atom stereocenters. The highest BCUT2D eigenvalue weighted by molar-refractivity contribution is 6.23. The van der Waals surface area contributed by atoms with E-state index in [4.69, 9.17) is 14.3 Å². The topological polar surface area (TPSA) is 0 Å². The Labute approximate surface area is 61.5 Å². The second-order valence-electron chi connectivity index (χ2n) is 1.69. The van der Waals surface area contributed by atoms with Crippen LogP contribution in [0.1, 0.15) is 0 Å². The molecule has 0 fully saturated rings. The number of terminal acetylenes is 1. The van der Waals surface area contributed by atoms with Gasteiger partial charge in [-0.15, -0.1) is 18.5 Å². The Morgan fingerprint density at radius 3 is 2.40 bits per heavy atom. The van der Waals surface area contributed by atoms with E-state index in [0.717, 1.165) is 6.08 Å². The van der Waals surface area contributed by atoms with Gasteiger partial charge in [0.1, 0.15) is 13.7 Å². The van der Waals surface area contributed by atoms with Crippen LogP contribution in [0.15, 0.2) is 36.1 Å². The van der Waals surface area contributed by atoms with Crippen molar-refractivity contribution in [2.75, 3.05) is 0 Å². The lowest BCUT2D eigenvalue weighted by Gasteiger charge is -1.91. The van der Waals surface area contributed by atoms with E-state index in [2.05, 4.69) is 13.2 Å². The van der Waals surface area contributed by atoms with Crippen LogP contribution in [0.25, 0.3) is 0 Å². The Balaban J connectivity index is 4.38. The number of rotatable bonds is 2. The molecule has 48 valence electrons. The van der Waals surface area contributed by atoms with Crippen molar-refractivity contribution in [2.45, 2.75) is 0 Å². The molecular weight excluding hydrogens is 126 g/mol. The van der Waals surface area contributed by atoms with Crippen molar-refractivity contribution in [3.8, 4) is 12.3 Å². The van der Waals surface area contributed by atoms with E-state index >= 15 is 0 Å². The summed E-state index contributed by atoms with van der Waals surface area (Å²) in [6, 6.07) is 0. The smallest absolute Gasteiger partial charge is 0.137 e. The quantitative estimate of drug-likeness (QED) is 0.304. The second kappa shape index (κ2) is 3.73. The first kappa shape index (κ1) is 8.77. The Hall–Kier alpha value is -1.23. The molecule has 0 rings (SSSR count). The van der Waals surface area contributed by atoms with Gasteiger partial charge in [0.2, 0.25) is 0 Å². The van der Waals surface area contributed by atoms with Gasteiger partial charge in [0.25, 0.3) is 0 Å². The highest BCUT2D eigenvalue weighted by Gasteiger charge is 1.94. The highest BCUT2D eigenvalue weighted by Crippen LogP contribution is 2.08. The largest absolute Gasteiger partial charge is 0.206 e. The van der Waals surface area contributed by atoms with Gasteiger partial charge < -0.3 is 0 Å². The van der Waals surface area contributed by atoms with Crippen molar-refractivity contribution in [3.05, 3.63) is 36.1 Å². The summed E-state index contributed by atoms with van der Waals surface area (Å²) in [6.45, 7) is 6.51. The normalized spacial score (nSPS) is 10.2. The molecule has 0 spiro atoms. The van der Waals surface area contributed by atoms with Gasteiger partial charge in [-0.3, -0.25) is 0 Å². The van der Waals surface area contributed by atoms with E-state index < -0.39 is 5.83 Å². The molecule has 0 aliphatic rings. The molecule has 10 heavy (non-hydrogen) atoms. The van der Waals surface area contributed by atoms with Crippen LogP contribution in [0, 0.1) is 12.3 Å². The number of allylic oxidation sites excluding steroid dienone is 4. The van der Waals surface area contributed by atoms with Crippen LogP contribution < -0.4 is 0 Å². The van der Waals surface area contributed by atoms with Gasteiger partial charge in [-0.1, -0.05) is 12.5 Å². The molecule has 0 aromatic carbocycles. The van der Waals surface area contributed by atoms with Gasteiger partial charge in [0.15, 0.2) is 0 Å². The number of halogens is 1. The van der Waals surface area contributed by atoms with E-state index in [1.807, 2.05) is 5.92 Å². The molecule has 0 heterocycles. The van der Waals surface area contributed by atoms with Crippen molar-refractivity contribution >= 4 is 7.85 Å². The first-order valence-corrected chi connectivity index (χ1v) is 2.55. The molecule has 0 nitrogen and oxygen atoms in total. The summed E-state index contributed by atoms with van der Waals surface area (Å²) in [4.78, 5) is 0. The zero-order valence-electron chi connectivity index (χ0n) is 5.52. The zero-order chi connectivity index (χ0) is 8.15. The minimum absolute atomic E-state index is 0.0217. The SMILES string of the molecule is [B]C(=C)/C=C(/F)C(=C)C#C. The van der Waals surface area contributed by atoms with Gasteiger partial charge >= 0.3 is 0 Å². The fourth-order valence-corrected chi connectivity index (χ4v) is 0.319. The summed E-state index contributed by atoms with van der Waals surface area (Å²) in [5.74, 6) is 1.42. The van der Waals surface area contributed by atoms with E-state index in [-0.39, 0.29) is 11.0 Å². The van der Waals surface area contributed by atoms with Gasteiger partial charge in [-0.2, -0.15) is 0 Å². The maximum atomic E-state index is 12.5. The summed E-state index contributed by atoms with van der Waals surface area (Å²) >= 11 is 0. The Kier molecular flexibility index (Phi) is 3.28. The predicted octanol–water partition coefficient (Wildman–Crippen LogP) is 1.71. The molecule has 0 aromatic rings.